The molecule has 1 amide bonds. The van der Waals surface area contributed by atoms with Crippen molar-refractivity contribution in [3.05, 3.63) is 83.1 Å². The third-order valence-electron chi connectivity index (χ3n) is 6.11. The van der Waals surface area contributed by atoms with Crippen molar-refractivity contribution in [2.75, 3.05) is 25.7 Å². The van der Waals surface area contributed by atoms with Gasteiger partial charge in [0.05, 0.1) is 30.9 Å². The standard InChI is InChI=1S/C26H24ClN3O3/c1-32-20-10-7-17(8-11-20)15-30-22-6-4-3-5-21(22)28-26(30)18-13-25(31)29(16-18)23-14-19(27)9-12-24(23)33-2/h3-12,14,18H,13,15-16H2,1-2H3/t18-/m1/s1. The van der Waals surface area contributed by atoms with Gasteiger partial charge in [0.25, 0.3) is 0 Å². The van der Waals surface area contributed by atoms with Crippen LogP contribution in [0.4, 0.5) is 5.69 Å². The summed E-state index contributed by atoms with van der Waals surface area (Å²) in [6.45, 7) is 1.17. The number of methoxy groups -OCH3 is 2. The number of para-hydroxylation sites is 2. The van der Waals surface area contributed by atoms with Gasteiger partial charge in [-0.05, 0) is 48.0 Å². The van der Waals surface area contributed by atoms with Crippen LogP contribution in [0.2, 0.25) is 5.02 Å². The van der Waals surface area contributed by atoms with Gasteiger partial charge < -0.3 is 18.9 Å². The van der Waals surface area contributed by atoms with Crippen LogP contribution < -0.4 is 14.4 Å². The molecule has 5 rings (SSSR count). The molecule has 0 aliphatic carbocycles. The second-order valence-electron chi connectivity index (χ2n) is 8.11. The maximum absolute atomic E-state index is 13.1. The Balaban J connectivity index is 1.52. The molecule has 0 bridgehead atoms. The average molecular weight is 462 g/mol. The molecule has 0 spiro atoms. The number of imidazole rings is 1. The number of nitrogens with zero attached hydrogens (tertiary/aromatic N) is 3. The Morgan fingerprint density at radius 2 is 1.82 bits per heavy atom. The summed E-state index contributed by atoms with van der Waals surface area (Å²) in [6, 6.07) is 21.4. The van der Waals surface area contributed by atoms with Crippen LogP contribution in [0.5, 0.6) is 11.5 Å². The van der Waals surface area contributed by atoms with Crippen LogP contribution in [0, 0.1) is 0 Å². The van der Waals surface area contributed by atoms with Gasteiger partial charge in [0.15, 0.2) is 0 Å². The maximum atomic E-state index is 13.1. The molecule has 1 fully saturated rings. The Kier molecular flexibility index (Phi) is 5.68. The van der Waals surface area contributed by atoms with Crippen LogP contribution in [0.3, 0.4) is 0 Å². The normalized spacial score (nSPS) is 15.9. The highest BCUT2D eigenvalue weighted by molar-refractivity contribution is 6.31. The van der Waals surface area contributed by atoms with Crippen LogP contribution in [0.15, 0.2) is 66.7 Å². The number of rotatable bonds is 6. The molecular weight excluding hydrogens is 438 g/mol. The number of carbonyl (C=O) groups is 1. The number of halogens is 1. The van der Waals surface area contributed by atoms with E-state index in [1.165, 1.54) is 0 Å². The molecule has 33 heavy (non-hydrogen) atoms. The zero-order chi connectivity index (χ0) is 22.9. The second kappa shape index (κ2) is 8.79. The number of hydrogen-bond acceptors (Lipinski definition) is 4. The van der Waals surface area contributed by atoms with Crippen molar-refractivity contribution < 1.29 is 14.3 Å². The summed E-state index contributed by atoms with van der Waals surface area (Å²) < 4.78 is 13.0. The van der Waals surface area contributed by atoms with E-state index >= 15 is 0 Å². The molecule has 6 nitrogen and oxygen atoms in total. The van der Waals surface area contributed by atoms with Crippen molar-refractivity contribution in [2.45, 2.75) is 18.9 Å². The molecule has 0 unspecified atom stereocenters. The Hall–Kier alpha value is -3.51. The molecule has 0 saturated carbocycles. The molecule has 7 heteroatoms. The Bertz CT molecular complexity index is 1320. The summed E-state index contributed by atoms with van der Waals surface area (Å²) in [5, 5.41) is 0.564. The zero-order valence-electron chi connectivity index (χ0n) is 18.5. The first-order valence-electron chi connectivity index (χ1n) is 10.8. The van der Waals surface area contributed by atoms with Gasteiger partial charge in [-0.1, -0.05) is 35.9 Å². The van der Waals surface area contributed by atoms with Gasteiger partial charge in [0.2, 0.25) is 5.91 Å². The van der Waals surface area contributed by atoms with Crippen molar-refractivity contribution in [3.8, 4) is 11.5 Å². The predicted molar refractivity (Wildman–Crippen MR) is 130 cm³/mol. The lowest BCUT2D eigenvalue weighted by Crippen LogP contribution is -2.25. The number of benzene rings is 3. The molecule has 1 aliphatic heterocycles. The molecule has 2 heterocycles. The summed E-state index contributed by atoms with van der Waals surface area (Å²) in [5.74, 6) is 2.33. The number of anilines is 1. The van der Waals surface area contributed by atoms with Gasteiger partial charge in [0, 0.05) is 30.5 Å². The fourth-order valence-corrected chi connectivity index (χ4v) is 4.64. The predicted octanol–water partition coefficient (Wildman–Crippen LogP) is 5.28. The lowest BCUT2D eigenvalue weighted by Gasteiger charge is -2.20. The van der Waals surface area contributed by atoms with Crippen LogP contribution in [-0.4, -0.2) is 36.2 Å². The van der Waals surface area contributed by atoms with E-state index in [0.717, 1.165) is 28.2 Å². The van der Waals surface area contributed by atoms with Gasteiger partial charge in [-0.25, -0.2) is 4.98 Å². The number of hydrogen-bond donors (Lipinski definition) is 0. The zero-order valence-corrected chi connectivity index (χ0v) is 19.2. The fourth-order valence-electron chi connectivity index (χ4n) is 4.47. The molecule has 1 atom stereocenters. The van der Waals surface area contributed by atoms with Crippen LogP contribution in [0.25, 0.3) is 11.0 Å². The molecule has 0 N–H and O–H groups in total. The fraction of sp³-hybridized carbons (Fsp3) is 0.231. The molecule has 1 aliphatic rings. The van der Waals surface area contributed by atoms with E-state index in [4.69, 9.17) is 26.1 Å². The van der Waals surface area contributed by atoms with Crippen LogP contribution in [-0.2, 0) is 11.3 Å². The molecule has 168 valence electrons. The second-order valence-corrected chi connectivity index (χ2v) is 8.55. The molecule has 4 aromatic rings. The minimum atomic E-state index is -0.0492. The lowest BCUT2D eigenvalue weighted by molar-refractivity contribution is -0.117. The molecular formula is C26H24ClN3O3. The first-order chi connectivity index (χ1) is 16.1. The third-order valence-corrected chi connectivity index (χ3v) is 6.34. The van der Waals surface area contributed by atoms with Gasteiger partial charge in [-0.15, -0.1) is 0 Å². The van der Waals surface area contributed by atoms with E-state index < -0.39 is 0 Å². The Morgan fingerprint density at radius 3 is 2.58 bits per heavy atom. The highest BCUT2D eigenvalue weighted by atomic mass is 35.5. The summed E-state index contributed by atoms with van der Waals surface area (Å²) in [4.78, 5) is 19.8. The number of amides is 1. The summed E-state index contributed by atoms with van der Waals surface area (Å²) >= 11 is 6.22. The molecule has 0 radical (unpaired) electrons. The minimum Gasteiger partial charge on any atom is -0.497 e. The van der Waals surface area contributed by atoms with E-state index in [2.05, 4.69) is 22.8 Å². The average Bonchev–Trinajstić information content (AvgIpc) is 3.40. The van der Waals surface area contributed by atoms with E-state index in [0.29, 0.717) is 36.0 Å². The Morgan fingerprint density at radius 1 is 1.03 bits per heavy atom. The summed E-state index contributed by atoms with van der Waals surface area (Å²) in [5.41, 5.74) is 3.80. The maximum Gasteiger partial charge on any atom is 0.227 e. The largest absolute Gasteiger partial charge is 0.497 e. The van der Waals surface area contributed by atoms with Crippen molar-refractivity contribution in [3.63, 3.8) is 0 Å². The molecule has 3 aromatic carbocycles. The highest BCUT2D eigenvalue weighted by Gasteiger charge is 2.36. The third kappa shape index (κ3) is 4.02. The smallest absolute Gasteiger partial charge is 0.227 e. The molecule has 1 saturated heterocycles. The quantitative estimate of drug-likeness (QED) is 0.392. The first kappa shape index (κ1) is 21.3. The van der Waals surface area contributed by atoms with E-state index in [-0.39, 0.29) is 11.8 Å². The van der Waals surface area contributed by atoms with E-state index in [1.807, 2.05) is 30.3 Å². The minimum absolute atomic E-state index is 0.0311. The Labute approximate surface area is 197 Å². The van der Waals surface area contributed by atoms with Crippen LogP contribution in [0.1, 0.15) is 23.7 Å². The van der Waals surface area contributed by atoms with Crippen molar-refractivity contribution in [1.29, 1.82) is 0 Å². The van der Waals surface area contributed by atoms with Crippen molar-refractivity contribution in [2.24, 2.45) is 0 Å². The molecule has 1 aromatic heterocycles. The van der Waals surface area contributed by atoms with Crippen molar-refractivity contribution in [1.82, 2.24) is 9.55 Å². The van der Waals surface area contributed by atoms with E-state index in [9.17, 15) is 4.79 Å². The monoisotopic (exact) mass is 461 g/mol. The highest BCUT2D eigenvalue weighted by Crippen LogP contribution is 2.38. The van der Waals surface area contributed by atoms with Gasteiger partial charge in [0.1, 0.15) is 17.3 Å². The topological polar surface area (TPSA) is 56.6 Å². The summed E-state index contributed by atoms with van der Waals surface area (Å²) in [6.07, 6.45) is 0.377. The number of aromatic nitrogens is 2. The first-order valence-corrected chi connectivity index (χ1v) is 11.2. The lowest BCUT2D eigenvalue weighted by atomic mass is 10.1. The van der Waals surface area contributed by atoms with Gasteiger partial charge in [-0.3, -0.25) is 4.79 Å². The summed E-state index contributed by atoms with van der Waals surface area (Å²) in [7, 11) is 3.26. The SMILES string of the molecule is COc1ccc(Cn2c([C@@H]3CC(=O)N(c4cc(Cl)ccc4OC)C3)nc3ccccc32)cc1. The number of fused-ring (bicyclic) bond motifs is 1. The number of ether oxygens (including phenoxy) is 2. The van der Waals surface area contributed by atoms with Crippen molar-refractivity contribution >= 4 is 34.2 Å². The van der Waals surface area contributed by atoms with Gasteiger partial charge in [-0.2, -0.15) is 0 Å². The van der Waals surface area contributed by atoms with Crippen LogP contribution >= 0.6 is 11.6 Å². The van der Waals surface area contributed by atoms with Gasteiger partial charge >= 0.3 is 0 Å². The number of carbonyl (C=O) groups excluding carboxylic acids is 1. The van der Waals surface area contributed by atoms with E-state index in [1.54, 1.807) is 37.3 Å².